The van der Waals surface area contributed by atoms with E-state index in [4.69, 9.17) is 10.5 Å². The van der Waals surface area contributed by atoms with Crippen molar-refractivity contribution in [1.29, 1.82) is 0 Å². The zero-order chi connectivity index (χ0) is 18.3. The Hall–Kier alpha value is -1.94. The molecule has 4 rings (SSSR count). The minimum atomic E-state index is -0.496. The van der Waals surface area contributed by atoms with Gasteiger partial charge in [0.15, 0.2) is 0 Å². The van der Waals surface area contributed by atoms with Gasteiger partial charge in [-0.1, -0.05) is 0 Å². The summed E-state index contributed by atoms with van der Waals surface area (Å²) in [5.41, 5.74) is 6.52. The lowest BCUT2D eigenvalue weighted by Crippen LogP contribution is -2.41. The van der Waals surface area contributed by atoms with Crippen LogP contribution in [-0.2, 0) is 4.74 Å². The van der Waals surface area contributed by atoms with Gasteiger partial charge in [0.25, 0.3) is 0 Å². The molecule has 3 fully saturated rings. The molecule has 8 nitrogen and oxygen atoms in total. The summed E-state index contributed by atoms with van der Waals surface area (Å²) in [7, 11) is 0. The molecule has 26 heavy (non-hydrogen) atoms. The van der Waals surface area contributed by atoms with Crippen molar-refractivity contribution in [3.8, 4) is 0 Å². The first-order valence-corrected chi connectivity index (χ1v) is 8.99. The molecule has 0 bridgehead atoms. The van der Waals surface area contributed by atoms with Gasteiger partial charge in [0.2, 0.25) is 0 Å². The fourth-order valence-corrected chi connectivity index (χ4v) is 3.85. The number of halogens is 1. The summed E-state index contributed by atoms with van der Waals surface area (Å²) in [4.78, 5) is 15.3. The van der Waals surface area contributed by atoms with Crippen molar-refractivity contribution >= 4 is 17.5 Å². The van der Waals surface area contributed by atoms with Gasteiger partial charge in [-0.25, -0.2) is 19.2 Å². The number of rotatable bonds is 3. The van der Waals surface area contributed by atoms with Crippen LogP contribution in [-0.4, -0.2) is 79.4 Å². The number of nitrogens with two attached hydrogens (primary N) is 1. The van der Waals surface area contributed by atoms with Gasteiger partial charge in [0.1, 0.15) is 18.1 Å². The Morgan fingerprint density at radius 2 is 2.04 bits per heavy atom. The average Bonchev–Trinajstić information content (AvgIpc) is 3.10. The van der Waals surface area contributed by atoms with Crippen LogP contribution in [0, 0.1) is 5.82 Å². The van der Waals surface area contributed by atoms with E-state index in [-0.39, 0.29) is 18.5 Å². The molecule has 3 N–H and O–H groups in total. The lowest BCUT2D eigenvalue weighted by Gasteiger charge is -2.26. The van der Waals surface area contributed by atoms with Crippen molar-refractivity contribution in [2.24, 2.45) is 5.73 Å². The topological polar surface area (TPSA) is 85.5 Å². The first kappa shape index (κ1) is 17.5. The van der Waals surface area contributed by atoms with Gasteiger partial charge in [-0.05, 0) is 18.2 Å². The first-order chi connectivity index (χ1) is 12.6. The Kier molecular flexibility index (Phi) is 4.70. The number of nitrogens with zero attached hydrogens (tertiary/aromatic N) is 4. The number of aliphatic hydroxyl groups excluding tert-OH is 1. The highest BCUT2D eigenvalue weighted by Crippen LogP contribution is 2.29. The van der Waals surface area contributed by atoms with E-state index in [1.807, 2.05) is 9.91 Å². The van der Waals surface area contributed by atoms with E-state index in [1.54, 1.807) is 12.1 Å². The van der Waals surface area contributed by atoms with Gasteiger partial charge >= 0.3 is 6.09 Å². The zero-order valence-corrected chi connectivity index (χ0v) is 14.6. The first-order valence-electron chi connectivity index (χ1n) is 8.99. The molecule has 3 aliphatic heterocycles. The van der Waals surface area contributed by atoms with Crippen molar-refractivity contribution in [3.05, 3.63) is 24.0 Å². The van der Waals surface area contributed by atoms with Crippen LogP contribution in [0.15, 0.2) is 18.2 Å². The molecule has 9 heteroatoms. The Morgan fingerprint density at radius 1 is 1.23 bits per heavy atom. The van der Waals surface area contributed by atoms with E-state index >= 15 is 0 Å². The van der Waals surface area contributed by atoms with E-state index in [0.29, 0.717) is 37.6 Å². The predicted octanol–water partition coefficient (Wildman–Crippen LogP) is 0.171. The molecule has 0 aromatic heterocycles. The summed E-state index contributed by atoms with van der Waals surface area (Å²) >= 11 is 0. The number of aliphatic hydroxyl groups is 1. The number of carbonyl (C=O) groups is 1. The van der Waals surface area contributed by atoms with Crippen LogP contribution in [0.3, 0.4) is 0 Å². The standard InChI is InChI=1S/C17H24FN5O3/c18-14-9-12(22-11-13(10-19)26-17(22)25)1-2-15(14)20-5-7-21-4-3-16(24)23(21)8-6-20/h1-2,9,13,16,24H,3-8,10-11,19H2/t13-,16?/m0/s1. The Bertz CT molecular complexity index is 690. The van der Waals surface area contributed by atoms with Gasteiger partial charge in [-0.15, -0.1) is 0 Å². The summed E-state index contributed by atoms with van der Waals surface area (Å²) in [6, 6.07) is 4.81. The van der Waals surface area contributed by atoms with Crippen molar-refractivity contribution in [2.75, 3.05) is 55.6 Å². The minimum absolute atomic E-state index is 0.245. The van der Waals surface area contributed by atoms with Crippen molar-refractivity contribution in [2.45, 2.75) is 18.8 Å². The van der Waals surface area contributed by atoms with E-state index in [2.05, 4.69) is 5.01 Å². The molecule has 3 saturated heterocycles. The highest BCUT2D eigenvalue weighted by Gasteiger charge is 2.34. The number of ether oxygens (including phenoxy) is 1. The monoisotopic (exact) mass is 365 g/mol. The molecule has 0 aliphatic carbocycles. The number of amides is 1. The number of hydrazine groups is 1. The Labute approximate surface area is 151 Å². The maximum atomic E-state index is 14.8. The average molecular weight is 365 g/mol. The predicted molar refractivity (Wildman–Crippen MR) is 94.2 cm³/mol. The van der Waals surface area contributed by atoms with Crippen LogP contribution in [0.4, 0.5) is 20.6 Å². The number of cyclic esters (lactones) is 1. The molecule has 1 amide bonds. The quantitative estimate of drug-likeness (QED) is 0.790. The van der Waals surface area contributed by atoms with Gasteiger partial charge in [0.05, 0.1) is 17.9 Å². The number of hydrogen-bond donors (Lipinski definition) is 2. The summed E-state index contributed by atoms with van der Waals surface area (Å²) in [5, 5.41) is 14.1. The van der Waals surface area contributed by atoms with Crippen molar-refractivity contribution in [3.63, 3.8) is 0 Å². The second kappa shape index (κ2) is 6.99. The molecule has 0 spiro atoms. The highest BCUT2D eigenvalue weighted by atomic mass is 19.1. The van der Waals surface area contributed by atoms with Crippen LogP contribution < -0.4 is 15.5 Å². The van der Waals surface area contributed by atoms with Gasteiger partial charge in [0, 0.05) is 45.7 Å². The fraction of sp³-hybridized carbons (Fsp3) is 0.588. The number of carbonyl (C=O) groups excluding carboxylic acids is 1. The smallest absolute Gasteiger partial charge is 0.414 e. The van der Waals surface area contributed by atoms with Gasteiger partial charge < -0.3 is 20.5 Å². The number of benzene rings is 1. The third-order valence-corrected chi connectivity index (χ3v) is 5.30. The van der Waals surface area contributed by atoms with E-state index < -0.39 is 12.3 Å². The third-order valence-electron chi connectivity index (χ3n) is 5.30. The van der Waals surface area contributed by atoms with Crippen LogP contribution in [0.5, 0.6) is 0 Å². The lowest BCUT2D eigenvalue weighted by molar-refractivity contribution is -0.0736. The van der Waals surface area contributed by atoms with Gasteiger partial charge in [-0.2, -0.15) is 0 Å². The molecular weight excluding hydrogens is 341 g/mol. The lowest BCUT2D eigenvalue weighted by atomic mass is 10.2. The molecule has 0 radical (unpaired) electrons. The highest BCUT2D eigenvalue weighted by molar-refractivity contribution is 5.90. The van der Waals surface area contributed by atoms with Crippen LogP contribution in [0.25, 0.3) is 0 Å². The summed E-state index contributed by atoms with van der Waals surface area (Å²) in [5.74, 6) is -0.371. The second-order valence-electron chi connectivity index (χ2n) is 6.86. The second-order valence-corrected chi connectivity index (χ2v) is 6.86. The van der Waals surface area contributed by atoms with E-state index in [9.17, 15) is 14.3 Å². The molecule has 0 saturated carbocycles. The molecule has 1 aromatic rings. The normalized spacial score (nSPS) is 27.6. The van der Waals surface area contributed by atoms with Crippen LogP contribution >= 0.6 is 0 Å². The Morgan fingerprint density at radius 3 is 2.77 bits per heavy atom. The molecule has 1 aromatic carbocycles. The summed E-state index contributed by atoms with van der Waals surface area (Å²) in [6.45, 7) is 4.12. The maximum absolute atomic E-state index is 14.8. The summed E-state index contributed by atoms with van der Waals surface area (Å²) < 4.78 is 19.9. The number of hydrogen-bond acceptors (Lipinski definition) is 7. The van der Waals surface area contributed by atoms with Crippen LogP contribution in [0.1, 0.15) is 6.42 Å². The SMILES string of the molecule is NC[C@H]1CN(c2ccc(N3CCN4CCC(O)N4CC3)c(F)c2)C(=O)O1. The van der Waals surface area contributed by atoms with Crippen LogP contribution in [0.2, 0.25) is 0 Å². The fourth-order valence-electron chi connectivity index (χ4n) is 3.85. The van der Waals surface area contributed by atoms with E-state index in [0.717, 1.165) is 19.5 Å². The molecule has 142 valence electrons. The molecule has 1 unspecified atom stereocenters. The Balaban J connectivity index is 1.49. The zero-order valence-electron chi connectivity index (χ0n) is 14.6. The number of anilines is 2. The summed E-state index contributed by atoms with van der Waals surface area (Å²) in [6.07, 6.45) is -0.549. The third kappa shape index (κ3) is 3.11. The largest absolute Gasteiger partial charge is 0.443 e. The molecule has 3 aliphatic rings. The number of fused-ring (bicyclic) bond motifs is 1. The molecule has 3 heterocycles. The van der Waals surface area contributed by atoms with E-state index in [1.165, 1.54) is 11.0 Å². The maximum Gasteiger partial charge on any atom is 0.414 e. The molecular formula is C17H24FN5O3. The van der Waals surface area contributed by atoms with Crippen molar-refractivity contribution in [1.82, 2.24) is 10.0 Å². The minimum Gasteiger partial charge on any atom is -0.443 e. The van der Waals surface area contributed by atoms with Gasteiger partial charge in [-0.3, -0.25) is 4.90 Å². The molecule has 2 atom stereocenters. The van der Waals surface area contributed by atoms with Crippen molar-refractivity contribution < 1.29 is 19.0 Å².